The largest absolute Gasteiger partial charge is 0.398 e. The number of nitrogens with zero attached hydrogens (tertiary/aromatic N) is 3. The van der Waals surface area contributed by atoms with Crippen LogP contribution in [0.4, 0.5) is 11.5 Å². The maximum atomic E-state index is 11.0. The maximum Gasteiger partial charge on any atom is 0.269 e. The van der Waals surface area contributed by atoms with Crippen LogP contribution in [0.2, 0.25) is 0 Å². The number of carbonyl (C=O) groups excluding carboxylic acids is 1. The van der Waals surface area contributed by atoms with Crippen LogP contribution >= 0.6 is 0 Å². The van der Waals surface area contributed by atoms with Gasteiger partial charge in [-0.05, 0) is 35.7 Å². The number of anilines is 2. The number of rotatable bonds is 2. The molecule has 1 aliphatic rings. The molecule has 0 atom stereocenters. The van der Waals surface area contributed by atoms with Crippen molar-refractivity contribution in [1.82, 2.24) is 10.2 Å². The number of nitrogen functional groups attached to an aromatic ring is 1. The summed E-state index contributed by atoms with van der Waals surface area (Å²) in [7, 11) is 0. The summed E-state index contributed by atoms with van der Waals surface area (Å²) < 4.78 is 0. The van der Waals surface area contributed by atoms with Crippen molar-refractivity contribution in [1.29, 1.82) is 0 Å². The van der Waals surface area contributed by atoms with Crippen molar-refractivity contribution in [3.63, 3.8) is 0 Å². The van der Waals surface area contributed by atoms with E-state index in [0.29, 0.717) is 6.54 Å². The molecule has 0 fully saturated rings. The highest BCUT2D eigenvalue weighted by molar-refractivity contribution is 5.90. The van der Waals surface area contributed by atoms with Gasteiger partial charge in [-0.1, -0.05) is 12.1 Å². The Morgan fingerprint density at radius 2 is 2.05 bits per heavy atom. The molecule has 2 heterocycles. The van der Waals surface area contributed by atoms with Gasteiger partial charge in [0, 0.05) is 18.8 Å². The lowest BCUT2D eigenvalue weighted by atomic mass is 9.98. The Kier molecular flexibility index (Phi) is 2.98. The molecule has 102 valence electrons. The topological polar surface area (TPSA) is 98.1 Å². The van der Waals surface area contributed by atoms with E-state index < -0.39 is 5.91 Å². The molecular formula is C14H15N5O. The minimum Gasteiger partial charge on any atom is -0.398 e. The molecule has 1 aliphatic heterocycles. The Hall–Kier alpha value is -2.63. The fraction of sp³-hybridized carbons (Fsp3) is 0.214. The molecule has 4 N–H and O–H groups in total. The summed E-state index contributed by atoms with van der Waals surface area (Å²) in [6, 6.07) is 9.34. The zero-order valence-corrected chi connectivity index (χ0v) is 10.9. The molecule has 6 nitrogen and oxygen atoms in total. The van der Waals surface area contributed by atoms with Gasteiger partial charge in [0.15, 0.2) is 11.5 Å². The molecule has 3 rings (SSSR count). The van der Waals surface area contributed by atoms with Crippen molar-refractivity contribution in [3.05, 3.63) is 47.2 Å². The summed E-state index contributed by atoms with van der Waals surface area (Å²) in [4.78, 5) is 13.1. The van der Waals surface area contributed by atoms with Crippen LogP contribution in [-0.2, 0) is 13.0 Å². The third kappa shape index (κ3) is 2.16. The smallest absolute Gasteiger partial charge is 0.269 e. The third-order valence-electron chi connectivity index (χ3n) is 3.54. The minimum atomic E-state index is -0.572. The highest BCUT2D eigenvalue weighted by Crippen LogP contribution is 2.26. The van der Waals surface area contributed by atoms with Gasteiger partial charge in [0.05, 0.1) is 0 Å². The van der Waals surface area contributed by atoms with Crippen LogP contribution in [0.5, 0.6) is 0 Å². The first-order valence-electron chi connectivity index (χ1n) is 6.40. The van der Waals surface area contributed by atoms with Crippen LogP contribution in [0.1, 0.15) is 21.6 Å². The lowest BCUT2D eigenvalue weighted by Crippen LogP contribution is -2.32. The number of amides is 1. The second-order valence-electron chi connectivity index (χ2n) is 4.80. The lowest BCUT2D eigenvalue weighted by Gasteiger charge is -2.30. The van der Waals surface area contributed by atoms with E-state index in [1.165, 1.54) is 5.56 Å². The van der Waals surface area contributed by atoms with Gasteiger partial charge in [0.2, 0.25) is 0 Å². The molecule has 0 unspecified atom stereocenters. The third-order valence-corrected chi connectivity index (χ3v) is 3.54. The van der Waals surface area contributed by atoms with Gasteiger partial charge in [-0.25, -0.2) is 0 Å². The van der Waals surface area contributed by atoms with Crippen molar-refractivity contribution in [3.8, 4) is 0 Å². The lowest BCUT2D eigenvalue weighted by molar-refractivity contribution is 0.0994. The van der Waals surface area contributed by atoms with Gasteiger partial charge < -0.3 is 16.4 Å². The highest BCUT2D eigenvalue weighted by atomic mass is 16.1. The average Bonchev–Trinajstić information content (AvgIpc) is 2.47. The quantitative estimate of drug-likeness (QED) is 0.783. The summed E-state index contributed by atoms with van der Waals surface area (Å²) in [6.45, 7) is 1.55. The molecule has 0 spiro atoms. The van der Waals surface area contributed by atoms with Crippen molar-refractivity contribution >= 4 is 17.4 Å². The Bertz CT molecular complexity index is 653. The van der Waals surface area contributed by atoms with Crippen LogP contribution in [0.15, 0.2) is 30.3 Å². The van der Waals surface area contributed by atoms with E-state index in [9.17, 15) is 4.79 Å². The number of carbonyl (C=O) groups is 1. The first-order valence-corrected chi connectivity index (χ1v) is 6.40. The minimum absolute atomic E-state index is 0.172. The fourth-order valence-electron chi connectivity index (χ4n) is 2.43. The number of hydrogen-bond acceptors (Lipinski definition) is 5. The van der Waals surface area contributed by atoms with Gasteiger partial charge >= 0.3 is 0 Å². The van der Waals surface area contributed by atoms with E-state index in [0.717, 1.165) is 30.0 Å². The molecule has 1 aromatic heterocycles. The monoisotopic (exact) mass is 269 g/mol. The second-order valence-corrected chi connectivity index (χ2v) is 4.80. The van der Waals surface area contributed by atoms with Gasteiger partial charge in [0.25, 0.3) is 5.91 Å². The molecule has 1 aromatic carbocycles. The molecule has 20 heavy (non-hydrogen) atoms. The van der Waals surface area contributed by atoms with Crippen molar-refractivity contribution in [2.75, 3.05) is 17.2 Å². The summed E-state index contributed by atoms with van der Waals surface area (Å²) in [5, 5.41) is 7.89. The summed E-state index contributed by atoms with van der Waals surface area (Å²) in [5.74, 6) is 0.154. The normalized spacial score (nSPS) is 13.9. The van der Waals surface area contributed by atoms with E-state index >= 15 is 0 Å². The zero-order chi connectivity index (χ0) is 14.1. The number of benzene rings is 1. The highest BCUT2D eigenvalue weighted by Gasteiger charge is 2.19. The van der Waals surface area contributed by atoms with E-state index in [4.69, 9.17) is 11.5 Å². The summed E-state index contributed by atoms with van der Waals surface area (Å²) in [6.07, 6.45) is 0.916. The SMILES string of the molecule is NC(=O)c1ccc(N2CCc3cccc(N)c3C2)nn1. The molecule has 0 saturated carbocycles. The number of fused-ring (bicyclic) bond motifs is 1. The molecule has 6 heteroatoms. The van der Waals surface area contributed by atoms with Crippen molar-refractivity contribution in [2.24, 2.45) is 5.73 Å². The average molecular weight is 269 g/mol. The van der Waals surface area contributed by atoms with Gasteiger partial charge in [-0.15, -0.1) is 10.2 Å². The maximum absolute atomic E-state index is 11.0. The molecule has 1 amide bonds. The van der Waals surface area contributed by atoms with Crippen molar-refractivity contribution in [2.45, 2.75) is 13.0 Å². The number of hydrogen-bond donors (Lipinski definition) is 2. The van der Waals surface area contributed by atoms with E-state index in [-0.39, 0.29) is 5.69 Å². The van der Waals surface area contributed by atoms with Crippen LogP contribution in [0.3, 0.4) is 0 Å². The van der Waals surface area contributed by atoms with Gasteiger partial charge in [-0.3, -0.25) is 4.79 Å². The molecule has 0 bridgehead atoms. The Balaban J connectivity index is 1.86. The second kappa shape index (κ2) is 4.80. The van der Waals surface area contributed by atoms with Gasteiger partial charge in [0.1, 0.15) is 0 Å². The number of aromatic nitrogens is 2. The predicted octanol–water partition coefficient (Wildman–Crippen LogP) is 0.720. The molecule has 2 aromatic rings. The Labute approximate surface area is 116 Å². The first kappa shape index (κ1) is 12.4. The van der Waals surface area contributed by atoms with E-state index in [1.54, 1.807) is 12.1 Å². The standard InChI is InChI=1S/C14H15N5O/c15-11-3-1-2-9-6-7-19(8-10(9)11)13-5-4-12(14(16)20)17-18-13/h1-5H,6-8,15H2,(H2,16,20). The van der Waals surface area contributed by atoms with E-state index in [1.807, 2.05) is 12.1 Å². The Morgan fingerprint density at radius 3 is 2.75 bits per heavy atom. The zero-order valence-electron chi connectivity index (χ0n) is 10.9. The summed E-state index contributed by atoms with van der Waals surface area (Å²) >= 11 is 0. The van der Waals surface area contributed by atoms with Crippen LogP contribution in [0.25, 0.3) is 0 Å². The number of primary amides is 1. The van der Waals surface area contributed by atoms with Gasteiger partial charge in [-0.2, -0.15) is 0 Å². The van der Waals surface area contributed by atoms with Crippen molar-refractivity contribution < 1.29 is 4.79 Å². The molecular weight excluding hydrogens is 254 g/mol. The predicted molar refractivity (Wildman–Crippen MR) is 76.2 cm³/mol. The Morgan fingerprint density at radius 1 is 1.20 bits per heavy atom. The molecule has 0 radical (unpaired) electrons. The summed E-state index contributed by atoms with van der Waals surface area (Å²) in [5.41, 5.74) is 14.6. The van der Waals surface area contributed by atoms with E-state index in [2.05, 4.69) is 21.2 Å². The fourth-order valence-corrected chi connectivity index (χ4v) is 2.43. The first-order chi connectivity index (χ1) is 9.65. The van der Waals surface area contributed by atoms with Crippen LogP contribution < -0.4 is 16.4 Å². The van der Waals surface area contributed by atoms with Crippen LogP contribution in [-0.4, -0.2) is 22.6 Å². The molecule has 0 aliphatic carbocycles. The van der Waals surface area contributed by atoms with Crippen LogP contribution in [0, 0.1) is 0 Å². The number of nitrogens with two attached hydrogens (primary N) is 2. The molecule has 0 saturated heterocycles.